The molecule has 0 aromatic carbocycles. The van der Waals surface area contributed by atoms with E-state index in [2.05, 4.69) is 9.97 Å². The predicted octanol–water partition coefficient (Wildman–Crippen LogP) is 1.84. The highest BCUT2D eigenvalue weighted by Crippen LogP contribution is 2.18. The molecule has 78 valence electrons. The summed E-state index contributed by atoms with van der Waals surface area (Å²) in [7, 11) is 0. The zero-order valence-electron chi connectivity index (χ0n) is 7.85. The lowest BCUT2D eigenvalue weighted by atomic mass is 10.1. The van der Waals surface area contributed by atoms with Crippen LogP contribution >= 0.6 is 11.6 Å². The molecule has 4 nitrogen and oxygen atoms in total. The van der Waals surface area contributed by atoms with Crippen molar-refractivity contribution in [1.82, 2.24) is 9.97 Å². The van der Waals surface area contributed by atoms with E-state index in [-0.39, 0.29) is 5.92 Å². The predicted molar refractivity (Wildman–Crippen MR) is 55.7 cm³/mol. The summed E-state index contributed by atoms with van der Waals surface area (Å²) in [6.45, 7) is 3.49. The highest BCUT2D eigenvalue weighted by Gasteiger charge is 2.21. The Morgan fingerprint density at radius 3 is 2.36 bits per heavy atom. The van der Waals surface area contributed by atoms with Crippen molar-refractivity contribution >= 4 is 22.7 Å². The topological polar surface area (TPSA) is 63.1 Å². The summed E-state index contributed by atoms with van der Waals surface area (Å²) in [5, 5.41) is 0.0647. The second kappa shape index (κ2) is 4.82. The molecule has 0 radical (unpaired) electrons. The number of hydrogen-bond acceptors (Lipinski definition) is 3. The van der Waals surface area contributed by atoms with Crippen LogP contribution in [0, 0.1) is 0 Å². The van der Waals surface area contributed by atoms with E-state index in [4.69, 9.17) is 16.2 Å². The minimum absolute atomic E-state index is 0.168. The lowest BCUT2D eigenvalue weighted by molar-refractivity contribution is 0.533. The van der Waals surface area contributed by atoms with Gasteiger partial charge < -0.3 is 4.55 Å². The monoisotopic (exact) mass is 234 g/mol. The molecule has 1 rings (SSSR count). The van der Waals surface area contributed by atoms with E-state index in [1.807, 2.05) is 6.92 Å². The van der Waals surface area contributed by atoms with Crippen molar-refractivity contribution in [2.75, 3.05) is 0 Å². The second-order valence-corrected chi connectivity index (χ2v) is 4.76. The fourth-order valence-corrected chi connectivity index (χ4v) is 1.51. The van der Waals surface area contributed by atoms with E-state index in [1.165, 1.54) is 12.4 Å². The lowest BCUT2D eigenvalue weighted by Crippen LogP contribution is -2.19. The van der Waals surface area contributed by atoms with Gasteiger partial charge in [-0.15, -0.1) is 0 Å². The maximum absolute atomic E-state index is 10.8. The van der Waals surface area contributed by atoms with Crippen LogP contribution in [0.5, 0.6) is 0 Å². The zero-order valence-corrected chi connectivity index (χ0v) is 9.42. The van der Waals surface area contributed by atoms with Crippen LogP contribution in [0.2, 0.25) is 5.02 Å². The molecule has 0 fully saturated rings. The van der Waals surface area contributed by atoms with Gasteiger partial charge in [-0.2, -0.15) is 0 Å². The van der Waals surface area contributed by atoms with Gasteiger partial charge in [-0.25, -0.2) is 14.2 Å². The summed E-state index contributed by atoms with van der Waals surface area (Å²) in [6.07, 6.45) is 2.96. The molecular formula is C8H11ClN2O2S. The van der Waals surface area contributed by atoms with Gasteiger partial charge in [0.2, 0.25) is 0 Å². The molecule has 1 aromatic rings. The van der Waals surface area contributed by atoms with Gasteiger partial charge in [0.15, 0.2) is 11.1 Å². The summed E-state index contributed by atoms with van der Waals surface area (Å²) in [5.41, 5.74) is 0. The van der Waals surface area contributed by atoms with Gasteiger partial charge >= 0.3 is 0 Å². The first-order valence-electron chi connectivity index (χ1n) is 4.09. The molecule has 6 heteroatoms. The Labute approximate surface area is 90.0 Å². The van der Waals surface area contributed by atoms with Gasteiger partial charge in [-0.3, -0.25) is 0 Å². The minimum atomic E-state index is -1.86. The quantitative estimate of drug-likeness (QED) is 0.811. The average molecular weight is 235 g/mol. The number of nitrogens with zero attached hydrogens (tertiary/aromatic N) is 2. The van der Waals surface area contributed by atoms with E-state index in [0.717, 1.165) is 0 Å². The van der Waals surface area contributed by atoms with Gasteiger partial charge in [0.05, 0.1) is 10.3 Å². The third kappa shape index (κ3) is 2.73. The van der Waals surface area contributed by atoms with Crippen LogP contribution < -0.4 is 0 Å². The molecule has 14 heavy (non-hydrogen) atoms. The van der Waals surface area contributed by atoms with Crippen molar-refractivity contribution < 1.29 is 8.76 Å². The van der Waals surface area contributed by atoms with E-state index >= 15 is 0 Å². The van der Waals surface area contributed by atoms with E-state index in [1.54, 1.807) is 6.92 Å². The molecule has 0 aliphatic rings. The first-order chi connectivity index (χ1) is 6.52. The Hall–Kier alpha value is -0.520. The summed E-state index contributed by atoms with van der Waals surface area (Å²) in [4.78, 5) is 7.99. The lowest BCUT2D eigenvalue weighted by Gasteiger charge is -2.14. The zero-order chi connectivity index (χ0) is 10.7. The highest BCUT2D eigenvalue weighted by atomic mass is 35.5. The number of rotatable bonds is 3. The van der Waals surface area contributed by atoms with Gasteiger partial charge in [-0.05, 0) is 6.92 Å². The molecular weight excluding hydrogens is 224 g/mol. The Kier molecular flexibility index (Phi) is 3.97. The summed E-state index contributed by atoms with van der Waals surface area (Å²) in [6, 6.07) is 0. The van der Waals surface area contributed by atoms with Crippen LogP contribution in [-0.2, 0) is 11.1 Å². The third-order valence-electron chi connectivity index (χ3n) is 2.07. The molecule has 0 spiro atoms. The van der Waals surface area contributed by atoms with Crippen molar-refractivity contribution in [2.45, 2.75) is 25.0 Å². The molecule has 0 amide bonds. The SMILES string of the molecule is C[C@H](c1ncc(Cl)cn1)[C@H](C)S(=O)O. The molecule has 3 atom stereocenters. The Morgan fingerprint density at radius 1 is 1.43 bits per heavy atom. The Balaban J connectivity index is 2.84. The van der Waals surface area contributed by atoms with Crippen molar-refractivity contribution in [3.63, 3.8) is 0 Å². The second-order valence-electron chi connectivity index (χ2n) is 3.03. The normalized spacial score (nSPS) is 17.4. The molecule has 1 heterocycles. The fourth-order valence-electron chi connectivity index (χ4n) is 0.942. The number of hydrogen-bond donors (Lipinski definition) is 1. The van der Waals surface area contributed by atoms with Crippen LogP contribution in [0.4, 0.5) is 0 Å². The van der Waals surface area contributed by atoms with Crippen LogP contribution in [0.1, 0.15) is 25.6 Å². The summed E-state index contributed by atoms with van der Waals surface area (Å²) < 4.78 is 19.7. The van der Waals surface area contributed by atoms with Gasteiger partial charge in [0.1, 0.15) is 5.82 Å². The van der Waals surface area contributed by atoms with Crippen molar-refractivity contribution in [3.05, 3.63) is 23.2 Å². The summed E-state index contributed by atoms with van der Waals surface area (Å²) in [5.74, 6) is 0.363. The Morgan fingerprint density at radius 2 is 1.93 bits per heavy atom. The smallest absolute Gasteiger partial charge is 0.156 e. The number of aromatic nitrogens is 2. The van der Waals surface area contributed by atoms with Gasteiger partial charge in [-0.1, -0.05) is 18.5 Å². The first-order valence-corrected chi connectivity index (χ1v) is 5.64. The largest absolute Gasteiger partial charge is 0.306 e. The van der Waals surface area contributed by atoms with E-state index < -0.39 is 16.3 Å². The maximum atomic E-state index is 10.8. The highest BCUT2D eigenvalue weighted by molar-refractivity contribution is 7.79. The summed E-state index contributed by atoms with van der Waals surface area (Å²) >= 11 is 3.76. The molecule has 1 aromatic heterocycles. The molecule has 0 aliphatic carbocycles. The first kappa shape index (κ1) is 11.6. The van der Waals surface area contributed by atoms with E-state index in [9.17, 15) is 4.21 Å². The molecule has 1 N–H and O–H groups in total. The van der Waals surface area contributed by atoms with Crippen molar-refractivity contribution in [1.29, 1.82) is 0 Å². The standard InChI is InChI=1S/C8H11ClN2O2S/c1-5(6(2)14(12)13)8-10-3-7(9)4-11-8/h3-6H,1-2H3,(H,12,13)/t5-,6-/m0/s1. The van der Waals surface area contributed by atoms with Gasteiger partial charge in [0, 0.05) is 18.3 Å². The van der Waals surface area contributed by atoms with Crippen LogP contribution in [0.25, 0.3) is 0 Å². The van der Waals surface area contributed by atoms with Gasteiger partial charge in [0.25, 0.3) is 0 Å². The van der Waals surface area contributed by atoms with Crippen LogP contribution in [0.3, 0.4) is 0 Å². The van der Waals surface area contributed by atoms with E-state index in [0.29, 0.717) is 10.8 Å². The fraction of sp³-hybridized carbons (Fsp3) is 0.500. The minimum Gasteiger partial charge on any atom is -0.306 e. The molecule has 0 aliphatic heterocycles. The van der Waals surface area contributed by atoms with Crippen molar-refractivity contribution in [2.24, 2.45) is 0 Å². The third-order valence-corrected chi connectivity index (χ3v) is 3.31. The molecule has 1 unspecified atom stereocenters. The number of halogens is 1. The molecule has 0 saturated carbocycles. The van der Waals surface area contributed by atoms with Crippen LogP contribution in [0.15, 0.2) is 12.4 Å². The molecule has 0 bridgehead atoms. The van der Waals surface area contributed by atoms with Crippen molar-refractivity contribution in [3.8, 4) is 0 Å². The average Bonchev–Trinajstić information content (AvgIpc) is 2.16. The Bertz CT molecular complexity index is 331. The van der Waals surface area contributed by atoms with Crippen LogP contribution in [-0.4, -0.2) is 24.0 Å². The maximum Gasteiger partial charge on any atom is 0.156 e. The molecule has 0 saturated heterocycles.